The smallest absolute Gasteiger partial charge is 0.0471 e. The van der Waals surface area contributed by atoms with E-state index in [2.05, 4.69) is 30.7 Å². The number of benzene rings is 1. The molecule has 4 heteroatoms. The van der Waals surface area contributed by atoms with Crippen molar-refractivity contribution in [2.75, 3.05) is 25.9 Å². The second kappa shape index (κ2) is 5.47. The number of nitrogens with zero attached hydrogens (tertiary/aromatic N) is 2. The molecule has 3 nitrogen and oxygen atoms in total. The van der Waals surface area contributed by atoms with E-state index in [1.807, 2.05) is 18.2 Å². The molecule has 0 aliphatic carbocycles. The van der Waals surface area contributed by atoms with Gasteiger partial charge in [-0.3, -0.25) is 9.80 Å². The lowest BCUT2D eigenvalue weighted by Gasteiger charge is -2.42. The summed E-state index contributed by atoms with van der Waals surface area (Å²) in [7, 11) is 2.20. The van der Waals surface area contributed by atoms with Crippen LogP contribution in [0.4, 0.5) is 5.69 Å². The maximum atomic E-state index is 6.23. The van der Waals surface area contributed by atoms with E-state index in [4.69, 9.17) is 17.3 Å². The summed E-state index contributed by atoms with van der Waals surface area (Å²) in [5.74, 6) is 0. The van der Waals surface area contributed by atoms with Gasteiger partial charge in [-0.15, -0.1) is 0 Å². The second-order valence-corrected chi connectivity index (χ2v) is 5.82. The van der Waals surface area contributed by atoms with Gasteiger partial charge in [0, 0.05) is 42.4 Å². The van der Waals surface area contributed by atoms with Crippen LogP contribution in [-0.4, -0.2) is 42.0 Å². The van der Waals surface area contributed by atoms with E-state index < -0.39 is 0 Å². The number of likely N-dealkylation sites (N-methyl/N-ethyl adjacent to an activating group) is 1. The first kappa shape index (κ1) is 13.7. The molecule has 1 aliphatic heterocycles. The number of rotatable bonds is 2. The van der Waals surface area contributed by atoms with Gasteiger partial charge >= 0.3 is 0 Å². The van der Waals surface area contributed by atoms with Gasteiger partial charge in [-0.2, -0.15) is 0 Å². The third-order valence-corrected chi connectivity index (χ3v) is 4.26. The highest BCUT2D eigenvalue weighted by molar-refractivity contribution is 6.31. The number of hydrogen-bond acceptors (Lipinski definition) is 3. The van der Waals surface area contributed by atoms with Crippen molar-refractivity contribution in [1.29, 1.82) is 0 Å². The highest BCUT2D eigenvalue weighted by Crippen LogP contribution is 2.22. The van der Waals surface area contributed by atoms with Gasteiger partial charge in [-0.05, 0) is 38.6 Å². The van der Waals surface area contributed by atoms with E-state index in [-0.39, 0.29) is 0 Å². The van der Waals surface area contributed by atoms with E-state index in [1.165, 1.54) is 0 Å². The highest BCUT2D eigenvalue weighted by atomic mass is 35.5. The Balaban J connectivity index is 2.05. The quantitative estimate of drug-likeness (QED) is 0.836. The van der Waals surface area contributed by atoms with Crippen molar-refractivity contribution >= 4 is 17.3 Å². The van der Waals surface area contributed by atoms with Crippen molar-refractivity contribution in [3.63, 3.8) is 0 Å². The SMILES string of the molecule is CC1CN(Cc2ccc(N)cc2Cl)CC(C)N1C. The lowest BCUT2D eigenvalue weighted by Crippen LogP contribution is -2.54. The Labute approximate surface area is 115 Å². The first-order valence-electron chi connectivity index (χ1n) is 6.45. The molecule has 0 amide bonds. The van der Waals surface area contributed by atoms with Gasteiger partial charge in [0.25, 0.3) is 0 Å². The fraction of sp³-hybridized carbons (Fsp3) is 0.571. The summed E-state index contributed by atoms with van der Waals surface area (Å²) >= 11 is 6.23. The molecule has 1 aromatic rings. The predicted octanol–water partition coefficient (Wildman–Crippen LogP) is 2.45. The zero-order valence-corrected chi connectivity index (χ0v) is 12.1. The molecular weight excluding hydrogens is 246 g/mol. The topological polar surface area (TPSA) is 32.5 Å². The molecule has 0 radical (unpaired) electrons. The van der Waals surface area contributed by atoms with Crippen LogP contribution in [0.25, 0.3) is 0 Å². The molecule has 1 saturated heterocycles. The normalized spacial score (nSPS) is 26.4. The third-order valence-electron chi connectivity index (χ3n) is 3.91. The molecule has 18 heavy (non-hydrogen) atoms. The molecule has 2 atom stereocenters. The fourth-order valence-electron chi connectivity index (χ4n) is 2.58. The Kier molecular flexibility index (Phi) is 4.15. The lowest BCUT2D eigenvalue weighted by molar-refractivity contribution is 0.0556. The third kappa shape index (κ3) is 2.97. The maximum Gasteiger partial charge on any atom is 0.0471 e. The zero-order chi connectivity index (χ0) is 13.3. The van der Waals surface area contributed by atoms with Gasteiger partial charge in [0.2, 0.25) is 0 Å². The molecule has 2 unspecified atom stereocenters. The highest BCUT2D eigenvalue weighted by Gasteiger charge is 2.26. The molecule has 100 valence electrons. The molecule has 0 saturated carbocycles. The Bertz CT molecular complexity index is 410. The van der Waals surface area contributed by atoms with E-state index in [0.717, 1.165) is 35.9 Å². The van der Waals surface area contributed by atoms with Crippen molar-refractivity contribution in [3.05, 3.63) is 28.8 Å². The zero-order valence-electron chi connectivity index (χ0n) is 11.4. The number of hydrogen-bond donors (Lipinski definition) is 1. The van der Waals surface area contributed by atoms with Crippen LogP contribution in [0, 0.1) is 0 Å². The van der Waals surface area contributed by atoms with Gasteiger partial charge in [-0.25, -0.2) is 0 Å². The van der Waals surface area contributed by atoms with E-state index in [1.54, 1.807) is 0 Å². The minimum Gasteiger partial charge on any atom is -0.399 e. The Morgan fingerprint density at radius 3 is 2.44 bits per heavy atom. The molecule has 2 rings (SSSR count). The lowest BCUT2D eigenvalue weighted by atomic mass is 10.1. The second-order valence-electron chi connectivity index (χ2n) is 5.41. The summed E-state index contributed by atoms with van der Waals surface area (Å²) < 4.78 is 0. The minimum atomic E-state index is 0.585. The van der Waals surface area contributed by atoms with Gasteiger partial charge in [-0.1, -0.05) is 17.7 Å². The molecule has 1 fully saturated rings. The van der Waals surface area contributed by atoms with Crippen LogP contribution in [0.1, 0.15) is 19.4 Å². The average molecular weight is 268 g/mol. The van der Waals surface area contributed by atoms with Crippen molar-refractivity contribution in [1.82, 2.24) is 9.80 Å². The van der Waals surface area contributed by atoms with E-state index in [0.29, 0.717) is 12.1 Å². The predicted molar refractivity (Wildman–Crippen MR) is 77.8 cm³/mol. The average Bonchev–Trinajstić information content (AvgIpc) is 2.29. The van der Waals surface area contributed by atoms with Crippen LogP contribution in [0.5, 0.6) is 0 Å². The van der Waals surface area contributed by atoms with Gasteiger partial charge in [0.05, 0.1) is 0 Å². The summed E-state index contributed by atoms with van der Waals surface area (Å²) in [5.41, 5.74) is 7.61. The minimum absolute atomic E-state index is 0.585. The number of piperazine rings is 1. The van der Waals surface area contributed by atoms with Crippen molar-refractivity contribution in [2.45, 2.75) is 32.5 Å². The number of nitrogens with two attached hydrogens (primary N) is 1. The largest absolute Gasteiger partial charge is 0.399 e. The van der Waals surface area contributed by atoms with Crippen LogP contribution in [0.3, 0.4) is 0 Å². The standard InChI is InChI=1S/C14H22ClN3/c1-10-7-18(8-11(2)17(10)3)9-12-4-5-13(16)6-14(12)15/h4-6,10-11H,7-9,16H2,1-3H3. The van der Waals surface area contributed by atoms with Crippen LogP contribution in [0.2, 0.25) is 5.02 Å². The van der Waals surface area contributed by atoms with Crippen molar-refractivity contribution in [3.8, 4) is 0 Å². The summed E-state index contributed by atoms with van der Waals surface area (Å²) in [4.78, 5) is 4.90. The molecule has 0 aromatic heterocycles. The summed E-state index contributed by atoms with van der Waals surface area (Å²) in [6, 6.07) is 6.96. The molecule has 0 bridgehead atoms. The fourth-order valence-corrected chi connectivity index (χ4v) is 2.82. The summed E-state index contributed by atoms with van der Waals surface area (Å²) in [5, 5.41) is 0.772. The van der Waals surface area contributed by atoms with Crippen molar-refractivity contribution < 1.29 is 0 Å². The van der Waals surface area contributed by atoms with Crippen LogP contribution < -0.4 is 5.73 Å². The van der Waals surface area contributed by atoms with Gasteiger partial charge in [0.1, 0.15) is 0 Å². The monoisotopic (exact) mass is 267 g/mol. The van der Waals surface area contributed by atoms with Crippen LogP contribution in [-0.2, 0) is 6.54 Å². The Morgan fingerprint density at radius 1 is 1.28 bits per heavy atom. The molecule has 2 N–H and O–H groups in total. The Hall–Kier alpha value is -0.770. The van der Waals surface area contributed by atoms with E-state index >= 15 is 0 Å². The van der Waals surface area contributed by atoms with Crippen molar-refractivity contribution in [2.24, 2.45) is 0 Å². The van der Waals surface area contributed by atoms with E-state index in [9.17, 15) is 0 Å². The molecule has 1 heterocycles. The Morgan fingerprint density at radius 2 is 1.89 bits per heavy atom. The summed E-state index contributed by atoms with van der Waals surface area (Å²) in [6.07, 6.45) is 0. The number of anilines is 1. The first-order chi connectivity index (χ1) is 8.47. The molecular formula is C14H22ClN3. The van der Waals surface area contributed by atoms with Gasteiger partial charge < -0.3 is 5.73 Å². The molecule has 1 aliphatic rings. The van der Waals surface area contributed by atoms with Crippen LogP contribution in [0.15, 0.2) is 18.2 Å². The molecule has 1 aromatic carbocycles. The summed E-state index contributed by atoms with van der Waals surface area (Å²) in [6.45, 7) is 7.62. The van der Waals surface area contributed by atoms with Gasteiger partial charge in [0.15, 0.2) is 0 Å². The number of halogens is 1. The first-order valence-corrected chi connectivity index (χ1v) is 6.83. The maximum absolute atomic E-state index is 6.23. The van der Waals surface area contributed by atoms with Crippen LogP contribution >= 0.6 is 11.6 Å². The molecule has 0 spiro atoms. The number of nitrogen functional groups attached to an aromatic ring is 1.